The van der Waals surface area contributed by atoms with Gasteiger partial charge in [-0.25, -0.2) is 0 Å². The number of nitrogens with zero attached hydrogens (tertiary/aromatic N) is 1. The summed E-state index contributed by atoms with van der Waals surface area (Å²) in [6.07, 6.45) is 6.81. The van der Waals surface area contributed by atoms with Gasteiger partial charge in [-0.3, -0.25) is 4.98 Å². The first-order chi connectivity index (χ1) is 8.22. The molecule has 1 aliphatic carbocycles. The molecule has 1 aliphatic rings. The molecule has 3 nitrogen and oxygen atoms in total. The number of nitrogens with two attached hydrogens (primary N) is 1. The van der Waals surface area contributed by atoms with Gasteiger partial charge in [0.05, 0.1) is 11.1 Å². The summed E-state index contributed by atoms with van der Waals surface area (Å²) >= 11 is 6.09. The first-order valence-corrected chi connectivity index (χ1v) is 6.55. The summed E-state index contributed by atoms with van der Waals surface area (Å²) in [7, 11) is 0. The summed E-state index contributed by atoms with van der Waals surface area (Å²) in [4.78, 5) is 3.98. The second-order valence-corrected chi connectivity index (χ2v) is 5.00. The average Bonchev–Trinajstić information content (AvgIpc) is 3.13. The minimum Gasteiger partial charge on any atom is -0.377 e. The fraction of sp³-hybridized carbons (Fsp3) is 0.615. The molecule has 0 aromatic carbocycles. The Kier molecular flexibility index (Phi) is 4.37. The molecule has 0 amide bonds. The summed E-state index contributed by atoms with van der Waals surface area (Å²) < 4.78 is 5.76. The Bertz CT molecular complexity index is 368. The molecule has 94 valence electrons. The van der Waals surface area contributed by atoms with Crippen LogP contribution in [0.25, 0.3) is 0 Å². The molecule has 17 heavy (non-hydrogen) atoms. The summed E-state index contributed by atoms with van der Waals surface area (Å²) in [5.74, 6) is 0.644. The van der Waals surface area contributed by atoms with Gasteiger partial charge in [0.15, 0.2) is 0 Å². The van der Waals surface area contributed by atoms with Crippen LogP contribution in [0.3, 0.4) is 0 Å². The van der Waals surface area contributed by atoms with E-state index in [0.29, 0.717) is 10.9 Å². The maximum absolute atomic E-state index is 6.24. The molecule has 0 bridgehead atoms. The number of aromatic nitrogens is 1. The predicted molar refractivity (Wildman–Crippen MR) is 69.1 cm³/mol. The normalized spacial score (nSPS) is 19.0. The molecule has 1 saturated carbocycles. The molecular weight excluding hydrogens is 236 g/mol. The van der Waals surface area contributed by atoms with E-state index >= 15 is 0 Å². The minimum absolute atomic E-state index is 0.0161. The van der Waals surface area contributed by atoms with Crippen molar-refractivity contribution in [2.24, 2.45) is 11.7 Å². The van der Waals surface area contributed by atoms with Gasteiger partial charge in [0.1, 0.15) is 0 Å². The zero-order valence-electron chi connectivity index (χ0n) is 10.1. The maximum Gasteiger partial charge on any atom is 0.0757 e. The highest BCUT2D eigenvalue weighted by atomic mass is 35.5. The molecule has 2 atom stereocenters. The van der Waals surface area contributed by atoms with E-state index < -0.39 is 0 Å². The Labute approximate surface area is 107 Å². The zero-order chi connectivity index (χ0) is 12.3. The number of hydrogen-bond acceptors (Lipinski definition) is 3. The largest absolute Gasteiger partial charge is 0.377 e. The Morgan fingerprint density at radius 1 is 1.59 bits per heavy atom. The van der Waals surface area contributed by atoms with Crippen molar-refractivity contribution in [2.45, 2.75) is 38.3 Å². The van der Waals surface area contributed by atoms with E-state index in [-0.39, 0.29) is 12.1 Å². The number of halogens is 1. The second-order valence-electron chi connectivity index (χ2n) is 4.59. The topological polar surface area (TPSA) is 48.1 Å². The molecule has 2 rings (SSSR count). The highest BCUT2D eigenvalue weighted by molar-refractivity contribution is 6.31. The van der Waals surface area contributed by atoms with Crippen molar-refractivity contribution in [1.82, 2.24) is 4.98 Å². The molecule has 0 aliphatic heterocycles. The zero-order valence-corrected chi connectivity index (χ0v) is 10.9. The summed E-state index contributed by atoms with van der Waals surface area (Å²) in [5, 5.41) is 0.689. The number of hydrogen-bond donors (Lipinski definition) is 1. The van der Waals surface area contributed by atoms with Crippen LogP contribution >= 0.6 is 11.6 Å². The molecular formula is C13H19ClN2O. The molecule has 1 heterocycles. The van der Waals surface area contributed by atoms with Gasteiger partial charge >= 0.3 is 0 Å². The molecule has 0 saturated heterocycles. The van der Waals surface area contributed by atoms with E-state index in [4.69, 9.17) is 22.1 Å². The van der Waals surface area contributed by atoms with Crippen LogP contribution in [0.2, 0.25) is 5.02 Å². The number of pyridine rings is 1. The lowest BCUT2D eigenvalue weighted by Gasteiger charge is -2.24. The lowest BCUT2D eigenvalue weighted by molar-refractivity contribution is 0.0288. The monoisotopic (exact) mass is 254 g/mol. The summed E-state index contributed by atoms with van der Waals surface area (Å²) in [6, 6.07) is 1.94. The summed E-state index contributed by atoms with van der Waals surface area (Å²) in [5.41, 5.74) is 7.30. The first kappa shape index (κ1) is 12.8. The second kappa shape index (κ2) is 5.80. The van der Waals surface area contributed by atoms with Gasteiger partial charge in [0, 0.05) is 25.0 Å². The highest BCUT2D eigenvalue weighted by Crippen LogP contribution is 2.36. The van der Waals surface area contributed by atoms with Crippen LogP contribution in [0.4, 0.5) is 0 Å². The van der Waals surface area contributed by atoms with Crippen molar-refractivity contribution in [3.05, 3.63) is 29.0 Å². The lowest BCUT2D eigenvalue weighted by Crippen LogP contribution is -2.40. The Hall–Kier alpha value is -0.640. The van der Waals surface area contributed by atoms with E-state index in [2.05, 4.69) is 4.98 Å². The SMILES string of the molecule is CCOC(C(N)Cc1ccncc1Cl)C1CC1. The van der Waals surface area contributed by atoms with Gasteiger partial charge in [-0.1, -0.05) is 11.6 Å². The van der Waals surface area contributed by atoms with Crippen molar-refractivity contribution >= 4 is 11.6 Å². The van der Waals surface area contributed by atoms with Crippen LogP contribution in [0, 0.1) is 5.92 Å². The van der Waals surface area contributed by atoms with Gasteiger partial charge in [0.25, 0.3) is 0 Å². The van der Waals surface area contributed by atoms with Gasteiger partial charge in [-0.2, -0.15) is 0 Å². The molecule has 1 aromatic heterocycles. The third kappa shape index (κ3) is 3.41. The van der Waals surface area contributed by atoms with Crippen LogP contribution in [0.1, 0.15) is 25.3 Å². The van der Waals surface area contributed by atoms with Crippen molar-refractivity contribution in [2.75, 3.05) is 6.61 Å². The molecule has 4 heteroatoms. The fourth-order valence-electron chi connectivity index (χ4n) is 2.17. The first-order valence-electron chi connectivity index (χ1n) is 6.18. The van der Waals surface area contributed by atoms with E-state index in [1.807, 2.05) is 13.0 Å². The van der Waals surface area contributed by atoms with Crippen LogP contribution in [0.15, 0.2) is 18.5 Å². The van der Waals surface area contributed by atoms with Crippen LogP contribution in [-0.2, 0) is 11.2 Å². The van der Waals surface area contributed by atoms with Crippen LogP contribution in [0.5, 0.6) is 0 Å². The van der Waals surface area contributed by atoms with E-state index in [1.54, 1.807) is 12.4 Å². The van der Waals surface area contributed by atoms with Gasteiger partial charge < -0.3 is 10.5 Å². The van der Waals surface area contributed by atoms with E-state index in [1.165, 1.54) is 12.8 Å². The number of ether oxygens (including phenoxy) is 1. The molecule has 2 N–H and O–H groups in total. The molecule has 1 aromatic rings. The van der Waals surface area contributed by atoms with E-state index in [0.717, 1.165) is 18.6 Å². The molecule has 1 fully saturated rings. The third-order valence-electron chi connectivity index (χ3n) is 3.18. The average molecular weight is 255 g/mol. The van der Waals surface area contributed by atoms with Gasteiger partial charge in [-0.15, -0.1) is 0 Å². The molecule has 0 radical (unpaired) electrons. The number of rotatable bonds is 6. The van der Waals surface area contributed by atoms with Gasteiger partial charge in [0.2, 0.25) is 0 Å². The Morgan fingerprint density at radius 2 is 2.35 bits per heavy atom. The smallest absolute Gasteiger partial charge is 0.0757 e. The molecule has 0 spiro atoms. The van der Waals surface area contributed by atoms with Crippen LogP contribution < -0.4 is 5.73 Å². The Morgan fingerprint density at radius 3 is 2.94 bits per heavy atom. The van der Waals surface area contributed by atoms with Crippen molar-refractivity contribution in [1.29, 1.82) is 0 Å². The van der Waals surface area contributed by atoms with Crippen molar-refractivity contribution < 1.29 is 4.74 Å². The van der Waals surface area contributed by atoms with Crippen molar-refractivity contribution in [3.8, 4) is 0 Å². The van der Waals surface area contributed by atoms with Crippen molar-refractivity contribution in [3.63, 3.8) is 0 Å². The quantitative estimate of drug-likeness (QED) is 0.848. The molecule has 2 unspecified atom stereocenters. The maximum atomic E-state index is 6.24. The predicted octanol–water partition coefficient (Wildman–Crippen LogP) is 2.42. The lowest BCUT2D eigenvalue weighted by atomic mass is 9.99. The summed E-state index contributed by atoms with van der Waals surface area (Å²) in [6.45, 7) is 2.74. The fourth-order valence-corrected chi connectivity index (χ4v) is 2.36. The van der Waals surface area contributed by atoms with E-state index in [9.17, 15) is 0 Å². The Balaban J connectivity index is 1.99. The standard InChI is InChI=1S/C13H19ClN2O/c1-2-17-13(9-3-4-9)12(15)7-10-5-6-16-8-11(10)14/h5-6,8-9,12-13H,2-4,7,15H2,1H3. The van der Waals surface area contributed by atoms with Crippen LogP contribution in [-0.4, -0.2) is 23.7 Å². The highest BCUT2D eigenvalue weighted by Gasteiger charge is 2.35. The third-order valence-corrected chi connectivity index (χ3v) is 3.52. The van der Waals surface area contributed by atoms with Gasteiger partial charge in [-0.05, 0) is 43.7 Å². The minimum atomic E-state index is 0.0161.